The quantitative estimate of drug-likeness (QED) is 0.182. The normalized spacial score (nSPS) is 17.5. The Kier molecular flexibility index (Phi) is 8.44. The van der Waals surface area contributed by atoms with Gasteiger partial charge in [-0.1, -0.05) is 45.9 Å². The third-order valence-electron chi connectivity index (χ3n) is 6.85. The zero-order valence-electron chi connectivity index (χ0n) is 22.8. The van der Waals surface area contributed by atoms with E-state index in [0.717, 1.165) is 53.8 Å². The van der Waals surface area contributed by atoms with Crippen molar-refractivity contribution in [3.8, 4) is 0 Å². The number of rotatable bonds is 9. The number of benzene rings is 1. The summed E-state index contributed by atoms with van der Waals surface area (Å²) < 4.78 is 5.30. The Morgan fingerprint density at radius 1 is 1.31 bits per heavy atom. The second-order valence-electron chi connectivity index (χ2n) is 10.7. The van der Waals surface area contributed by atoms with E-state index in [2.05, 4.69) is 63.2 Å². The Morgan fingerprint density at radius 3 is 2.61 bits per heavy atom. The molecule has 0 spiro atoms. The number of ether oxygens (including phenoxy) is 1. The third-order valence-corrected chi connectivity index (χ3v) is 6.85. The molecule has 5 nitrogen and oxygen atoms in total. The highest BCUT2D eigenvalue weighted by Crippen LogP contribution is 2.44. The minimum Gasteiger partial charge on any atom is -0.462 e. The zero-order chi connectivity index (χ0) is 26.6. The lowest BCUT2D eigenvalue weighted by Crippen LogP contribution is -2.46. The van der Waals surface area contributed by atoms with Gasteiger partial charge in [-0.3, -0.25) is 0 Å². The van der Waals surface area contributed by atoms with Gasteiger partial charge in [0.2, 0.25) is 0 Å². The van der Waals surface area contributed by atoms with Crippen molar-refractivity contribution in [1.82, 2.24) is 10.2 Å². The molecule has 1 atom stereocenters. The van der Waals surface area contributed by atoms with Crippen LogP contribution in [0.3, 0.4) is 0 Å². The van der Waals surface area contributed by atoms with Gasteiger partial charge in [0.05, 0.1) is 12.2 Å². The summed E-state index contributed by atoms with van der Waals surface area (Å²) in [6, 6.07) is 4.66. The molecule has 1 aromatic rings. The van der Waals surface area contributed by atoms with E-state index in [1.165, 1.54) is 17.3 Å². The van der Waals surface area contributed by atoms with Gasteiger partial charge in [0.1, 0.15) is 0 Å². The number of carbonyl (C=O) groups is 1. The molecular weight excluding hydrogens is 446 g/mol. The molecule has 36 heavy (non-hydrogen) atoms. The van der Waals surface area contributed by atoms with Gasteiger partial charge in [0.25, 0.3) is 0 Å². The minimum absolute atomic E-state index is 0.0420. The number of carbonyl (C=O) groups excluding carboxylic acids is 1. The summed E-state index contributed by atoms with van der Waals surface area (Å²) in [6.45, 7) is 22.0. The average molecular weight is 488 g/mol. The van der Waals surface area contributed by atoms with Crippen LogP contribution in [-0.4, -0.2) is 36.3 Å². The summed E-state index contributed by atoms with van der Waals surface area (Å²) >= 11 is 0. The van der Waals surface area contributed by atoms with Crippen molar-refractivity contribution in [1.29, 1.82) is 5.41 Å². The van der Waals surface area contributed by atoms with Crippen LogP contribution >= 0.6 is 0 Å². The molecule has 0 bridgehead atoms. The van der Waals surface area contributed by atoms with Crippen LogP contribution in [0.2, 0.25) is 0 Å². The lowest BCUT2D eigenvalue weighted by molar-refractivity contribution is -0.138. The Morgan fingerprint density at radius 2 is 2.03 bits per heavy atom. The van der Waals surface area contributed by atoms with Crippen LogP contribution in [0, 0.1) is 10.8 Å². The second kappa shape index (κ2) is 11.2. The minimum atomic E-state index is -0.333. The smallest absolute Gasteiger partial charge is 0.340 e. The van der Waals surface area contributed by atoms with Crippen molar-refractivity contribution in [2.24, 2.45) is 5.41 Å². The first-order valence-corrected chi connectivity index (χ1v) is 12.8. The zero-order valence-corrected chi connectivity index (χ0v) is 22.8. The number of aryl methyl sites for hydroxylation is 1. The molecule has 1 unspecified atom stereocenters. The summed E-state index contributed by atoms with van der Waals surface area (Å²) in [5.41, 5.74) is 8.91. The van der Waals surface area contributed by atoms with Gasteiger partial charge < -0.3 is 20.4 Å². The number of fused-ring (bicyclic) bond motifs is 3. The Balaban J connectivity index is 2.10. The molecular formula is C31H41N3O2. The number of nitrogens with one attached hydrogen (secondary N) is 2. The maximum absolute atomic E-state index is 12.6. The molecule has 0 radical (unpaired) electrons. The molecule has 1 aromatic carbocycles. The molecule has 2 aliphatic heterocycles. The maximum Gasteiger partial charge on any atom is 0.340 e. The number of allylic oxidation sites excluding steroid dienone is 2. The first kappa shape index (κ1) is 27.3. The second-order valence-corrected chi connectivity index (χ2v) is 10.7. The largest absolute Gasteiger partial charge is 0.462 e. The lowest BCUT2D eigenvalue weighted by Gasteiger charge is -2.47. The van der Waals surface area contributed by atoms with Gasteiger partial charge in [-0.2, -0.15) is 0 Å². The maximum atomic E-state index is 12.6. The van der Waals surface area contributed by atoms with E-state index in [1.807, 2.05) is 32.3 Å². The lowest BCUT2D eigenvalue weighted by atomic mass is 9.75. The number of esters is 1. The van der Waals surface area contributed by atoms with E-state index in [1.54, 1.807) is 0 Å². The van der Waals surface area contributed by atoms with Gasteiger partial charge in [-0.05, 0) is 72.9 Å². The van der Waals surface area contributed by atoms with Gasteiger partial charge in [-0.15, -0.1) is 6.58 Å². The van der Waals surface area contributed by atoms with Crippen LogP contribution in [-0.2, 0) is 22.4 Å². The van der Waals surface area contributed by atoms with Crippen molar-refractivity contribution < 1.29 is 9.53 Å². The highest BCUT2D eigenvalue weighted by atomic mass is 16.5. The summed E-state index contributed by atoms with van der Waals surface area (Å²) in [7, 11) is 0. The fraction of sp³-hybridized carbons (Fsp3) is 0.419. The Hall–Kier alpha value is -3.34. The van der Waals surface area contributed by atoms with Crippen LogP contribution in [0.5, 0.6) is 0 Å². The van der Waals surface area contributed by atoms with Gasteiger partial charge in [-0.25, -0.2) is 4.79 Å². The molecule has 5 heteroatoms. The van der Waals surface area contributed by atoms with Gasteiger partial charge in [0, 0.05) is 48.0 Å². The summed E-state index contributed by atoms with van der Waals surface area (Å²) in [6.07, 6.45) is 9.91. The number of nitrogens with zero attached hydrogens (tertiary/aromatic N) is 1. The highest BCUT2D eigenvalue weighted by Gasteiger charge is 2.39. The van der Waals surface area contributed by atoms with Crippen molar-refractivity contribution in [3.63, 3.8) is 0 Å². The van der Waals surface area contributed by atoms with E-state index in [4.69, 9.17) is 10.1 Å². The van der Waals surface area contributed by atoms with Crippen LogP contribution in [0.4, 0.5) is 0 Å². The first-order chi connectivity index (χ1) is 17.0. The molecule has 0 saturated carbocycles. The van der Waals surface area contributed by atoms with E-state index < -0.39 is 0 Å². The first-order valence-electron chi connectivity index (χ1n) is 12.8. The van der Waals surface area contributed by atoms with E-state index >= 15 is 0 Å². The molecule has 3 rings (SSSR count). The van der Waals surface area contributed by atoms with Crippen LogP contribution in [0.15, 0.2) is 60.5 Å². The average Bonchev–Trinajstić information content (AvgIpc) is 2.81. The molecule has 0 aromatic heterocycles. The van der Waals surface area contributed by atoms with Crippen LogP contribution < -0.4 is 5.32 Å². The topological polar surface area (TPSA) is 65.4 Å². The molecule has 0 fully saturated rings. The van der Waals surface area contributed by atoms with Crippen molar-refractivity contribution in [2.45, 2.75) is 66.8 Å². The van der Waals surface area contributed by atoms with Crippen molar-refractivity contribution in [2.75, 3.05) is 13.2 Å². The van der Waals surface area contributed by atoms with Crippen LogP contribution in [0.1, 0.15) is 70.2 Å². The van der Waals surface area contributed by atoms with Crippen molar-refractivity contribution in [3.05, 3.63) is 82.7 Å². The summed E-state index contributed by atoms with van der Waals surface area (Å²) in [5, 5.41) is 11.5. The number of hydrogen-bond acceptors (Lipinski definition) is 5. The molecule has 0 amide bonds. The fourth-order valence-corrected chi connectivity index (χ4v) is 4.83. The fourth-order valence-electron chi connectivity index (χ4n) is 4.83. The monoisotopic (exact) mass is 487 g/mol. The Bertz CT molecular complexity index is 1160. The van der Waals surface area contributed by atoms with E-state index in [9.17, 15) is 4.79 Å². The van der Waals surface area contributed by atoms with Gasteiger partial charge >= 0.3 is 5.97 Å². The summed E-state index contributed by atoms with van der Waals surface area (Å²) in [4.78, 5) is 14.9. The SMILES string of the molecule is C=C(C)CCN/C=C(\C=N)c1cc2c(cc1CC)C1=CC(=C)C(C(=O)OCC)=CN1C(C(C)(C)C)C2. The molecule has 0 saturated heterocycles. The van der Waals surface area contributed by atoms with E-state index in [0.29, 0.717) is 17.8 Å². The number of hydrogen-bond donors (Lipinski definition) is 2. The molecule has 2 N–H and O–H groups in total. The van der Waals surface area contributed by atoms with Crippen molar-refractivity contribution >= 4 is 23.5 Å². The standard InChI is InChI=1S/C31H41N3O2/c1-9-22-14-26-23(15-25(22)24(17-32)18-33-12-11-20(3)4)16-29(31(6,7)8)34-19-27(30(35)36-10-2)21(5)13-28(26)34/h13-15,17-19,29,32-33H,3,5,9-12,16H2,1-2,4,6-8H3/b24-18+,32-17?. The molecule has 2 heterocycles. The molecule has 2 aliphatic rings. The highest BCUT2D eigenvalue weighted by molar-refractivity contribution is 6.09. The van der Waals surface area contributed by atoms with Crippen LogP contribution in [0.25, 0.3) is 11.3 Å². The third kappa shape index (κ3) is 5.72. The van der Waals surface area contributed by atoms with E-state index in [-0.39, 0.29) is 17.4 Å². The predicted molar refractivity (Wildman–Crippen MR) is 151 cm³/mol. The Labute approximate surface area is 216 Å². The molecule has 0 aliphatic carbocycles. The summed E-state index contributed by atoms with van der Waals surface area (Å²) in [5.74, 6) is -0.333. The molecule has 192 valence electrons. The predicted octanol–water partition coefficient (Wildman–Crippen LogP) is 6.43. The van der Waals surface area contributed by atoms with Gasteiger partial charge in [0.15, 0.2) is 0 Å².